The molecule has 0 aromatic carbocycles. The van der Waals surface area contributed by atoms with E-state index in [0.717, 1.165) is 0 Å². The highest BCUT2D eigenvalue weighted by molar-refractivity contribution is 5.81. The summed E-state index contributed by atoms with van der Waals surface area (Å²) in [6, 6.07) is 0. The van der Waals surface area contributed by atoms with Gasteiger partial charge < -0.3 is 0 Å². The summed E-state index contributed by atoms with van der Waals surface area (Å²) in [4.78, 5) is 0. The van der Waals surface area contributed by atoms with Crippen LogP contribution in [0, 0.1) is 0 Å². The third kappa shape index (κ3) is 0.623. The molecule has 1 aromatic rings. The average Bonchev–Trinajstić information content (AvgIpc) is 2.59. The fourth-order valence-corrected chi connectivity index (χ4v) is 0.485. The predicted octanol–water partition coefficient (Wildman–Crippen LogP) is -1.22. The quantitative estimate of drug-likeness (QED) is 0.448. The van der Waals surface area contributed by atoms with Crippen molar-refractivity contribution >= 4 is 5.96 Å². The Morgan fingerprint density at radius 2 is 2.40 bits per heavy atom. The van der Waals surface area contributed by atoms with Gasteiger partial charge in [0.05, 0.1) is 0 Å². The first-order valence-corrected chi connectivity index (χ1v) is 2.39. The van der Waals surface area contributed by atoms with E-state index in [1.54, 1.807) is 0 Å². The third-order valence-corrected chi connectivity index (χ3v) is 0.862. The van der Waals surface area contributed by atoms with E-state index < -0.39 is 0 Å². The second-order valence-electron chi connectivity index (χ2n) is 1.43. The van der Waals surface area contributed by atoms with E-state index in [1.165, 1.54) is 11.0 Å². The van der Waals surface area contributed by atoms with Crippen molar-refractivity contribution in [2.24, 2.45) is 15.4 Å². The highest BCUT2D eigenvalue weighted by Gasteiger charge is 2.06. The van der Waals surface area contributed by atoms with Crippen LogP contribution in [0.2, 0.25) is 0 Å². The van der Waals surface area contributed by atoms with Crippen LogP contribution in [0.1, 0.15) is 0 Å². The van der Waals surface area contributed by atoms with Crippen molar-refractivity contribution in [3.63, 3.8) is 0 Å². The Labute approximate surface area is 54.6 Å². The molecule has 10 heavy (non-hydrogen) atoms. The first-order chi connectivity index (χ1) is 4.97. The van der Waals surface area contributed by atoms with E-state index in [-0.39, 0.29) is 5.96 Å². The summed E-state index contributed by atoms with van der Waals surface area (Å²) in [6.07, 6.45) is 1.36. The van der Waals surface area contributed by atoms with Gasteiger partial charge in [0.15, 0.2) is 0 Å². The van der Waals surface area contributed by atoms with Crippen LogP contribution in [-0.2, 0) is 0 Å². The van der Waals surface area contributed by atoms with Crippen molar-refractivity contribution in [2.45, 2.75) is 0 Å². The maximum atomic E-state index is 3.51. The lowest BCUT2D eigenvalue weighted by Gasteiger charge is -1.84. The second-order valence-corrected chi connectivity index (χ2v) is 1.43. The molecule has 0 saturated carbocycles. The summed E-state index contributed by atoms with van der Waals surface area (Å²) in [5.41, 5.74) is 3.25. The minimum Gasteiger partial charge on any atom is -0.162 e. The highest BCUT2D eigenvalue weighted by atomic mass is 15.7. The molecule has 0 spiro atoms. The lowest BCUT2D eigenvalue weighted by atomic mass is 11.0. The van der Waals surface area contributed by atoms with Crippen LogP contribution >= 0.6 is 0 Å². The largest absolute Gasteiger partial charge is 0.295 e. The molecule has 0 bridgehead atoms. The molecule has 1 radical (unpaired) electrons. The Morgan fingerprint density at radius 3 is 3.00 bits per heavy atom. The van der Waals surface area contributed by atoms with E-state index >= 15 is 0 Å². The molecule has 1 aliphatic heterocycles. The van der Waals surface area contributed by atoms with Crippen molar-refractivity contribution in [1.82, 2.24) is 25.7 Å². The predicted molar refractivity (Wildman–Crippen MR) is 27.6 cm³/mol. The average molecular weight is 137 g/mol. The minimum atomic E-state index is 0.269. The van der Waals surface area contributed by atoms with Crippen LogP contribution in [0.3, 0.4) is 0 Å². The molecule has 0 unspecified atom stereocenters. The van der Waals surface area contributed by atoms with Crippen LogP contribution in [0.25, 0.3) is 0 Å². The van der Waals surface area contributed by atoms with Gasteiger partial charge in [-0.25, -0.2) is 0 Å². The lowest BCUT2D eigenvalue weighted by Crippen LogP contribution is -2.07. The topological polar surface area (TPSA) is 94.8 Å². The number of aromatic nitrogens is 4. The standard InChI is InChI=1S/C2HN8/c1-3-6-9-10(1)2-4-7-8-5-2/h1H. The van der Waals surface area contributed by atoms with E-state index in [2.05, 4.69) is 36.5 Å². The van der Waals surface area contributed by atoms with Crippen LogP contribution in [-0.4, -0.2) is 26.2 Å². The first kappa shape index (κ1) is 4.97. The maximum absolute atomic E-state index is 3.51. The molecule has 2 rings (SSSR count). The Kier molecular flexibility index (Phi) is 0.907. The van der Waals surface area contributed by atoms with Crippen molar-refractivity contribution in [3.05, 3.63) is 6.33 Å². The summed E-state index contributed by atoms with van der Waals surface area (Å²) in [5, 5.41) is 20.5. The van der Waals surface area contributed by atoms with Crippen molar-refractivity contribution in [3.8, 4) is 0 Å². The van der Waals surface area contributed by atoms with Gasteiger partial charge in [-0.05, 0) is 21.2 Å². The summed E-state index contributed by atoms with van der Waals surface area (Å²) >= 11 is 0. The van der Waals surface area contributed by atoms with Crippen molar-refractivity contribution < 1.29 is 0 Å². The van der Waals surface area contributed by atoms with E-state index in [4.69, 9.17) is 0 Å². The molecular weight excluding hydrogens is 136 g/mol. The Balaban J connectivity index is 2.36. The van der Waals surface area contributed by atoms with Gasteiger partial charge in [-0.15, -0.1) is 5.10 Å². The monoisotopic (exact) mass is 137 g/mol. The fourth-order valence-electron chi connectivity index (χ4n) is 0.485. The molecule has 0 N–H and O–H groups in total. The van der Waals surface area contributed by atoms with E-state index in [9.17, 15) is 0 Å². The molecular formula is C2HN8. The Bertz CT molecular complexity index is 267. The fraction of sp³-hybridized carbons (Fsp3) is 0. The zero-order chi connectivity index (χ0) is 6.81. The number of tetrazole rings is 1. The van der Waals surface area contributed by atoms with Crippen molar-refractivity contribution in [2.75, 3.05) is 0 Å². The van der Waals surface area contributed by atoms with Gasteiger partial charge in [-0.3, -0.25) is 0 Å². The van der Waals surface area contributed by atoms with Crippen molar-refractivity contribution in [1.29, 1.82) is 0 Å². The van der Waals surface area contributed by atoms with Gasteiger partial charge in [0, 0.05) is 0 Å². The summed E-state index contributed by atoms with van der Waals surface area (Å²) < 4.78 is 1.26. The van der Waals surface area contributed by atoms with Gasteiger partial charge in [0.1, 0.15) is 6.33 Å². The van der Waals surface area contributed by atoms with Gasteiger partial charge in [-0.2, -0.15) is 4.68 Å². The zero-order valence-corrected chi connectivity index (χ0v) is 4.66. The third-order valence-electron chi connectivity index (χ3n) is 0.862. The smallest absolute Gasteiger partial charge is 0.162 e. The summed E-state index contributed by atoms with van der Waals surface area (Å²) in [6.45, 7) is 0. The second kappa shape index (κ2) is 1.83. The van der Waals surface area contributed by atoms with Crippen LogP contribution in [0.15, 0.2) is 21.8 Å². The Hall–Kier alpha value is -1.86. The number of hydrogen-bond donors (Lipinski definition) is 0. The molecule has 0 aliphatic carbocycles. The molecule has 2 heterocycles. The van der Waals surface area contributed by atoms with E-state index in [1.807, 2.05) is 0 Å². The van der Waals surface area contributed by atoms with Crippen LogP contribution in [0.5, 0.6) is 0 Å². The molecule has 1 aliphatic rings. The molecule has 8 nitrogen and oxygen atoms in total. The van der Waals surface area contributed by atoms with Crippen LogP contribution < -0.4 is 5.53 Å². The van der Waals surface area contributed by atoms with Gasteiger partial charge in [0.2, 0.25) is 0 Å². The molecule has 1 aromatic heterocycles. The molecule has 8 heteroatoms. The van der Waals surface area contributed by atoms with Gasteiger partial charge in [-0.1, -0.05) is 10.2 Å². The molecule has 0 amide bonds. The summed E-state index contributed by atoms with van der Waals surface area (Å²) in [7, 11) is 0. The number of nitrogens with zero attached hydrogens (tertiary/aromatic N) is 8. The zero-order valence-electron chi connectivity index (χ0n) is 4.66. The molecule has 0 atom stereocenters. The number of hydrogen-bond acceptors (Lipinski definition) is 6. The SMILES string of the molecule is c1nnnn1C1=N[N]N=N1. The Morgan fingerprint density at radius 1 is 1.40 bits per heavy atom. The molecule has 0 fully saturated rings. The maximum Gasteiger partial charge on any atom is 0.295 e. The normalized spacial score (nSPS) is 15.0. The van der Waals surface area contributed by atoms with Gasteiger partial charge >= 0.3 is 0 Å². The molecule has 49 valence electrons. The number of rotatable bonds is 0. The van der Waals surface area contributed by atoms with E-state index in [0.29, 0.717) is 0 Å². The first-order valence-electron chi connectivity index (χ1n) is 2.39. The molecule has 0 saturated heterocycles. The summed E-state index contributed by atoms with van der Waals surface area (Å²) in [5.74, 6) is 0.269. The van der Waals surface area contributed by atoms with Gasteiger partial charge in [0.25, 0.3) is 5.96 Å². The highest BCUT2D eigenvalue weighted by Crippen LogP contribution is 1.91. The lowest BCUT2D eigenvalue weighted by molar-refractivity contribution is 0.775. The van der Waals surface area contributed by atoms with Crippen LogP contribution in [0.4, 0.5) is 0 Å². The minimum absolute atomic E-state index is 0.269.